The maximum absolute atomic E-state index is 12.9. The average molecular weight is 361 g/mol. The lowest BCUT2D eigenvalue weighted by Crippen LogP contribution is -2.31. The lowest BCUT2D eigenvalue weighted by molar-refractivity contribution is 0.0932. The van der Waals surface area contributed by atoms with E-state index in [0.29, 0.717) is 5.56 Å². The first kappa shape index (κ1) is 17.3. The van der Waals surface area contributed by atoms with Crippen molar-refractivity contribution in [1.29, 1.82) is 0 Å². The minimum atomic E-state index is -0.0750. The number of aromatic nitrogens is 2. The molecule has 0 spiro atoms. The van der Waals surface area contributed by atoms with E-state index in [4.69, 9.17) is 4.74 Å². The Hall–Kier alpha value is -3.08. The molecule has 0 saturated carbocycles. The molecule has 1 amide bonds. The first-order valence-corrected chi connectivity index (χ1v) is 9.25. The molecule has 0 bridgehead atoms. The predicted octanol–water partition coefficient (Wildman–Crippen LogP) is 4.00. The van der Waals surface area contributed by atoms with E-state index in [2.05, 4.69) is 28.6 Å². The Morgan fingerprint density at radius 1 is 1.19 bits per heavy atom. The number of ether oxygens (including phenoxy) is 1. The van der Waals surface area contributed by atoms with Gasteiger partial charge in [0.1, 0.15) is 5.75 Å². The van der Waals surface area contributed by atoms with Crippen LogP contribution in [-0.2, 0) is 6.42 Å². The third kappa shape index (κ3) is 3.33. The van der Waals surface area contributed by atoms with Crippen LogP contribution >= 0.6 is 0 Å². The number of aryl methyl sites for hydroxylation is 1. The van der Waals surface area contributed by atoms with Crippen molar-refractivity contribution in [3.63, 3.8) is 0 Å². The van der Waals surface area contributed by atoms with E-state index in [1.807, 2.05) is 37.3 Å². The van der Waals surface area contributed by atoms with Gasteiger partial charge in [-0.2, -0.15) is 5.10 Å². The summed E-state index contributed by atoms with van der Waals surface area (Å²) in [6, 6.07) is 16.1. The maximum atomic E-state index is 12.9. The van der Waals surface area contributed by atoms with Crippen molar-refractivity contribution in [2.45, 2.75) is 32.2 Å². The molecule has 1 N–H and O–H groups in total. The van der Waals surface area contributed by atoms with E-state index >= 15 is 0 Å². The molecule has 0 aliphatic heterocycles. The third-order valence-corrected chi connectivity index (χ3v) is 5.25. The Bertz CT molecular complexity index is 960. The number of carbonyl (C=O) groups excluding carboxylic acids is 1. The summed E-state index contributed by atoms with van der Waals surface area (Å²) in [5, 5.41) is 7.62. The number of methoxy groups -OCH3 is 1. The molecule has 138 valence electrons. The molecule has 0 fully saturated rings. The quantitative estimate of drug-likeness (QED) is 0.764. The van der Waals surface area contributed by atoms with Crippen LogP contribution in [-0.4, -0.2) is 22.8 Å². The van der Waals surface area contributed by atoms with Crippen molar-refractivity contribution >= 4 is 5.91 Å². The molecule has 4 rings (SSSR count). The lowest BCUT2D eigenvalue weighted by Gasteiger charge is -2.26. The van der Waals surface area contributed by atoms with Gasteiger partial charge in [-0.25, -0.2) is 4.68 Å². The Balaban J connectivity index is 1.56. The molecular weight excluding hydrogens is 338 g/mol. The summed E-state index contributed by atoms with van der Waals surface area (Å²) in [5.74, 6) is 0.714. The first-order valence-electron chi connectivity index (χ1n) is 9.25. The van der Waals surface area contributed by atoms with E-state index < -0.39 is 0 Å². The molecule has 1 aliphatic rings. The summed E-state index contributed by atoms with van der Waals surface area (Å²) >= 11 is 0. The number of hydrogen-bond donors (Lipinski definition) is 1. The van der Waals surface area contributed by atoms with Crippen LogP contribution in [0.1, 0.15) is 46.1 Å². The fraction of sp³-hybridized carbons (Fsp3) is 0.273. The van der Waals surface area contributed by atoms with E-state index in [0.717, 1.165) is 36.4 Å². The molecule has 0 unspecified atom stereocenters. The van der Waals surface area contributed by atoms with Crippen LogP contribution in [0.2, 0.25) is 0 Å². The Kier molecular flexibility index (Phi) is 4.67. The van der Waals surface area contributed by atoms with Gasteiger partial charge in [0.15, 0.2) is 0 Å². The molecule has 3 aromatic rings. The highest BCUT2D eigenvalue weighted by molar-refractivity contribution is 5.95. The van der Waals surface area contributed by atoms with Gasteiger partial charge in [-0.05, 0) is 61.6 Å². The smallest absolute Gasteiger partial charge is 0.255 e. The molecule has 1 aromatic heterocycles. The largest absolute Gasteiger partial charge is 0.497 e. The molecule has 2 aromatic carbocycles. The molecule has 1 atom stereocenters. The van der Waals surface area contributed by atoms with Gasteiger partial charge in [-0.1, -0.05) is 24.3 Å². The number of nitrogens with one attached hydrogen (secondary N) is 1. The van der Waals surface area contributed by atoms with Crippen molar-refractivity contribution in [1.82, 2.24) is 15.1 Å². The van der Waals surface area contributed by atoms with Crippen molar-refractivity contribution in [2.24, 2.45) is 0 Å². The van der Waals surface area contributed by atoms with E-state index in [9.17, 15) is 4.79 Å². The van der Waals surface area contributed by atoms with Crippen LogP contribution in [0.5, 0.6) is 5.75 Å². The zero-order chi connectivity index (χ0) is 18.8. The Morgan fingerprint density at radius 2 is 1.96 bits per heavy atom. The van der Waals surface area contributed by atoms with Gasteiger partial charge < -0.3 is 10.1 Å². The van der Waals surface area contributed by atoms with Gasteiger partial charge in [0.2, 0.25) is 0 Å². The number of hydrogen-bond acceptors (Lipinski definition) is 3. The van der Waals surface area contributed by atoms with Gasteiger partial charge in [0, 0.05) is 0 Å². The lowest BCUT2D eigenvalue weighted by atomic mass is 9.87. The fourth-order valence-electron chi connectivity index (χ4n) is 3.76. The second-order valence-electron chi connectivity index (χ2n) is 6.87. The van der Waals surface area contributed by atoms with Crippen LogP contribution in [0.15, 0.2) is 54.7 Å². The van der Waals surface area contributed by atoms with Crippen molar-refractivity contribution < 1.29 is 9.53 Å². The highest BCUT2D eigenvalue weighted by atomic mass is 16.5. The zero-order valence-corrected chi connectivity index (χ0v) is 15.6. The third-order valence-electron chi connectivity index (χ3n) is 5.25. The van der Waals surface area contributed by atoms with Crippen LogP contribution in [0.4, 0.5) is 0 Å². The molecule has 0 radical (unpaired) electrons. The number of rotatable bonds is 4. The number of nitrogens with zero attached hydrogens (tertiary/aromatic N) is 2. The maximum Gasteiger partial charge on any atom is 0.255 e. The summed E-state index contributed by atoms with van der Waals surface area (Å²) in [4.78, 5) is 12.9. The average Bonchev–Trinajstić information content (AvgIpc) is 3.10. The Morgan fingerprint density at radius 3 is 2.74 bits per heavy atom. The van der Waals surface area contributed by atoms with Crippen molar-refractivity contribution in [3.8, 4) is 11.4 Å². The van der Waals surface area contributed by atoms with Gasteiger partial charge in [-0.15, -0.1) is 0 Å². The SMILES string of the molecule is COc1ccc(-n2ncc(C(=O)N[C@@H]3CCCc4ccccc43)c2C)cc1. The van der Waals surface area contributed by atoms with Gasteiger partial charge >= 0.3 is 0 Å². The molecule has 1 heterocycles. The van der Waals surface area contributed by atoms with Crippen LogP contribution in [0.25, 0.3) is 5.69 Å². The molecule has 1 aliphatic carbocycles. The summed E-state index contributed by atoms with van der Waals surface area (Å²) in [6.45, 7) is 1.92. The molecule has 5 heteroatoms. The summed E-state index contributed by atoms with van der Waals surface area (Å²) in [6.07, 6.45) is 4.78. The normalized spacial score (nSPS) is 15.9. The summed E-state index contributed by atoms with van der Waals surface area (Å²) in [5.41, 5.74) is 4.89. The van der Waals surface area contributed by atoms with E-state index in [1.54, 1.807) is 18.0 Å². The van der Waals surface area contributed by atoms with Gasteiger partial charge in [0.25, 0.3) is 5.91 Å². The molecule has 5 nitrogen and oxygen atoms in total. The van der Waals surface area contributed by atoms with Crippen molar-refractivity contribution in [3.05, 3.63) is 77.1 Å². The first-order chi connectivity index (χ1) is 13.2. The topological polar surface area (TPSA) is 56.2 Å². The van der Waals surface area contributed by atoms with Gasteiger partial charge in [-0.3, -0.25) is 4.79 Å². The standard InChI is InChI=1S/C22H23N3O2/c1-15-20(14-23-25(15)17-10-12-18(27-2)13-11-17)22(26)24-21-9-5-7-16-6-3-4-8-19(16)21/h3-4,6,8,10-14,21H,5,7,9H2,1-2H3,(H,24,26)/t21-/m1/s1. The van der Waals surface area contributed by atoms with Crippen LogP contribution < -0.4 is 10.1 Å². The number of carbonyl (C=O) groups is 1. The molecule has 0 saturated heterocycles. The Labute approximate surface area is 159 Å². The van der Waals surface area contributed by atoms with Crippen molar-refractivity contribution in [2.75, 3.05) is 7.11 Å². The summed E-state index contributed by atoms with van der Waals surface area (Å²) in [7, 11) is 1.64. The number of amides is 1. The summed E-state index contributed by atoms with van der Waals surface area (Å²) < 4.78 is 6.98. The van der Waals surface area contributed by atoms with Crippen LogP contribution in [0, 0.1) is 6.92 Å². The second kappa shape index (κ2) is 7.27. The predicted molar refractivity (Wildman–Crippen MR) is 104 cm³/mol. The highest BCUT2D eigenvalue weighted by Crippen LogP contribution is 2.30. The molecular formula is C22H23N3O2. The minimum absolute atomic E-state index is 0.0613. The van der Waals surface area contributed by atoms with E-state index in [1.165, 1.54) is 11.1 Å². The van der Waals surface area contributed by atoms with Crippen LogP contribution in [0.3, 0.4) is 0 Å². The zero-order valence-electron chi connectivity index (χ0n) is 15.6. The number of benzene rings is 2. The number of fused-ring (bicyclic) bond motifs is 1. The monoisotopic (exact) mass is 361 g/mol. The van der Waals surface area contributed by atoms with E-state index in [-0.39, 0.29) is 11.9 Å². The van der Waals surface area contributed by atoms with Gasteiger partial charge in [0.05, 0.1) is 36.3 Å². The fourth-order valence-corrected chi connectivity index (χ4v) is 3.76. The minimum Gasteiger partial charge on any atom is -0.497 e. The molecule has 27 heavy (non-hydrogen) atoms. The second-order valence-corrected chi connectivity index (χ2v) is 6.87. The highest BCUT2D eigenvalue weighted by Gasteiger charge is 2.23.